The van der Waals surface area contributed by atoms with E-state index in [0.29, 0.717) is 58.7 Å². The van der Waals surface area contributed by atoms with E-state index in [0.717, 1.165) is 11.8 Å². The third-order valence-electron chi connectivity index (χ3n) is 5.73. The van der Waals surface area contributed by atoms with Crippen molar-refractivity contribution in [3.8, 4) is 5.75 Å². The number of nitrogens with zero attached hydrogens (tertiary/aromatic N) is 5. The van der Waals surface area contributed by atoms with Crippen molar-refractivity contribution in [1.82, 2.24) is 29.8 Å². The van der Waals surface area contributed by atoms with Gasteiger partial charge < -0.3 is 19.9 Å². The average Bonchev–Trinajstić information content (AvgIpc) is 3.49. The molecule has 4 aromatic rings. The minimum atomic E-state index is -3.60. The summed E-state index contributed by atoms with van der Waals surface area (Å²) in [7, 11) is -2.02. The Kier molecular flexibility index (Phi) is 6.17. The fourth-order valence-corrected chi connectivity index (χ4v) is 4.66. The summed E-state index contributed by atoms with van der Waals surface area (Å²) >= 11 is 0. The van der Waals surface area contributed by atoms with Crippen molar-refractivity contribution in [1.29, 1.82) is 0 Å². The zero-order valence-electron chi connectivity index (χ0n) is 19.8. The van der Waals surface area contributed by atoms with E-state index in [4.69, 9.17) is 4.74 Å². The number of amides is 1. The summed E-state index contributed by atoms with van der Waals surface area (Å²) in [5.74, 6) is 0.659. The lowest BCUT2D eigenvalue weighted by Crippen LogP contribution is -2.19. The Hall–Kier alpha value is -4.59. The number of carbonyl (C=O) groups is 2. The van der Waals surface area contributed by atoms with E-state index < -0.39 is 10.0 Å². The summed E-state index contributed by atoms with van der Waals surface area (Å²) in [6.07, 6.45) is 6.65. The number of hydrogen-bond donors (Lipinski definition) is 3. The van der Waals surface area contributed by atoms with E-state index in [1.807, 2.05) is 0 Å². The first kappa shape index (κ1) is 24.1. The Morgan fingerprint density at radius 2 is 2.03 bits per heavy atom. The highest BCUT2D eigenvalue weighted by Gasteiger charge is 2.24. The van der Waals surface area contributed by atoms with Gasteiger partial charge in [-0.15, -0.1) is 0 Å². The quantitative estimate of drug-likeness (QED) is 0.288. The van der Waals surface area contributed by atoms with Crippen LogP contribution in [0.5, 0.6) is 5.75 Å². The fraction of sp³-hybridized carbons (Fsp3) is 0.217. The third kappa shape index (κ3) is 4.78. The first-order chi connectivity index (χ1) is 17.8. The molecule has 14 heteroatoms. The first-order valence-corrected chi connectivity index (χ1v) is 13.0. The second-order valence-electron chi connectivity index (χ2n) is 8.24. The van der Waals surface area contributed by atoms with Gasteiger partial charge in [-0.2, -0.15) is 4.98 Å². The molecule has 4 heterocycles. The van der Waals surface area contributed by atoms with Gasteiger partial charge in [0.2, 0.25) is 16.0 Å². The van der Waals surface area contributed by atoms with Crippen molar-refractivity contribution in [2.45, 2.75) is 13.0 Å². The molecule has 190 valence electrons. The number of carbonyl (C=O) groups excluding carboxylic acids is 2. The summed E-state index contributed by atoms with van der Waals surface area (Å²) in [4.78, 5) is 41.3. The molecule has 13 nitrogen and oxygen atoms in total. The van der Waals surface area contributed by atoms with Crippen LogP contribution < -0.4 is 20.1 Å². The summed E-state index contributed by atoms with van der Waals surface area (Å²) < 4.78 is 33.2. The summed E-state index contributed by atoms with van der Waals surface area (Å²) in [5.41, 5.74) is 2.97. The van der Waals surface area contributed by atoms with Crippen LogP contribution in [0.4, 0.5) is 17.5 Å². The lowest BCUT2D eigenvalue weighted by atomic mass is 10.0. The SMILES string of the molecule is CNC(=O)c1ccc(Nc2ncc3cc(C=O)n(Cc4nccnc4NS(C)(=O)=O)c3n2)c2c1CCO2. The first-order valence-electron chi connectivity index (χ1n) is 11.1. The summed E-state index contributed by atoms with van der Waals surface area (Å²) in [6.45, 7) is 0.477. The minimum Gasteiger partial charge on any atom is -0.491 e. The topological polar surface area (TPSA) is 170 Å². The molecular formula is C23H22N8O5S. The number of aromatic nitrogens is 5. The molecule has 0 atom stereocenters. The molecule has 37 heavy (non-hydrogen) atoms. The molecule has 0 radical (unpaired) electrons. The van der Waals surface area contributed by atoms with E-state index in [9.17, 15) is 18.0 Å². The summed E-state index contributed by atoms with van der Waals surface area (Å²) in [6, 6.07) is 5.07. The Bertz CT molecular complexity index is 1650. The van der Waals surface area contributed by atoms with Gasteiger partial charge in [0, 0.05) is 48.6 Å². The number of nitrogens with one attached hydrogen (secondary N) is 3. The van der Waals surface area contributed by atoms with Crippen LogP contribution in [-0.2, 0) is 23.0 Å². The van der Waals surface area contributed by atoms with Crippen LogP contribution in [0.2, 0.25) is 0 Å². The number of rotatable bonds is 8. The van der Waals surface area contributed by atoms with Gasteiger partial charge in [0.15, 0.2) is 12.1 Å². The van der Waals surface area contributed by atoms with Crippen LogP contribution in [0.1, 0.15) is 32.1 Å². The number of anilines is 3. The number of ether oxygens (including phenoxy) is 1. The Morgan fingerprint density at radius 1 is 1.22 bits per heavy atom. The van der Waals surface area contributed by atoms with Crippen LogP contribution >= 0.6 is 0 Å². The normalized spacial score (nSPS) is 12.6. The third-order valence-corrected chi connectivity index (χ3v) is 6.29. The predicted octanol–water partition coefficient (Wildman–Crippen LogP) is 1.49. The highest BCUT2D eigenvalue weighted by Crippen LogP contribution is 2.37. The van der Waals surface area contributed by atoms with Gasteiger partial charge in [-0.25, -0.2) is 18.4 Å². The number of fused-ring (bicyclic) bond motifs is 2. The Labute approximate surface area is 211 Å². The van der Waals surface area contributed by atoms with Gasteiger partial charge in [0.1, 0.15) is 17.1 Å². The van der Waals surface area contributed by atoms with Gasteiger partial charge in [-0.1, -0.05) is 0 Å². The van der Waals surface area contributed by atoms with E-state index in [-0.39, 0.29) is 24.2 Å². The molecule has 1 aliphatic heterocycles. The fourth-order valence-electron chi connectivity index (χ4n) is 4.14. The van der Waals surface area contributed by atoms with Gasteiger partial charge in [0.05, 0.1) is 30.8 Å². The average molecular weight is 523 g/mol. The largest absolute Gasteiger partial charge is 0.491 e. The minimum absolute atomic E-state index is 0.0268. The van der Waals surface area contributed by atoms with Crippen LogP contribution in [-0.4, -0.2) is 65.0 Å². The molecule has 1 amide bonds. The maximum absolute atomic E-state index is 12.2. The predicted molar refractivity (Wildman–Crippen MR) is 135 cm³/mol. The Morgan fingerprint density at radius 3 is 2.78 bits per heavy atom. The molecule has 5 rings (SSSR count). The van der Waals surface area contributed by atoms with Crippen LogP contribution in [0.25, 0.3) is 11.0 Å². The zero-order chi connectivity index (χ0) is 26.2. The smallest absolute Gasteiger partial charge is 0.251 e. The molecule has 0 aliphatic carbocycles. The standard InChI is InChI=1S/C23H22N8O5S/c1-24-22(33)16-3-4-17(19-15(16)5-8-36-19)28-23-27-10-13-9-14(12-32)31(21(13)29-23)11-18-20(26-7-6-25-18)30-37(2,34)35/h3-4,6-7,9-10,12H,5,8,11H2,1-2H3,(H,24,33)(H,26,30)(H,27,28,29). The second-order valence-corrected chi connectivity index (χ2v) is 9.99. The van der Waals surface area contributed by atoms with Crippen LogP contribution in [0, 0.1) is 0 Å². The number of sulfonamides is 1. The number of aldehydes is 1. The van der Waals surface area contributed by atoms with Crippen molar-refractivity contribution in [2.24, 2.45) is 0 Å². The number of benzene rings is 1. The molecule has 1 aromatic carbocycles. The van der Waals surface area contributed by atoms with Crippen molar-refractivity contribution in [2.75, 3.05) is 29.9 Å². The molecule has 3 aromatic heterocycles. The van der Waals surface area contributed by atoms with Crippen LogP contribution in [0.15, 0.2) is 36.8 Å². The molecule has 0 unspecified atom stereocenters. The van der Waals surface area contributed by atoms with E-state index in [1.54, 1.807) is 36.0 Å². The van der Waals surface area contributed by atoms with Gasteiger partial charge >= 0.3 is 0 Å². The molecule has 1 aliphatic rings. The molecule has 0 saturated carbocycles. The molecular weight excluding hydrogens is 500 g/mol. The van der Waals surface area contributed by atoms with E-state index in [2.05, 4.69) is 35.3 Å². The van der Waals surface area contributed by atoms with Crippen LogP contribution in [0.3, 0.4) is 0 Å². The second kappa shape index (κ2) is 9.46. The molecule has 0 bridgehead atoms. The van der Waals surface area contributed by atoms with E-state index in [1.165, 1.54) is 12.4 Å². The maximum Gasteiger partial charge on any atom is 0.251 e. The highest BCUT2D eigenvalue weighted by molar-refractivity contribution is 7.92. The highest BCUT2D eigenvalue weighted by atomic mass is 32.2. The monoisotopic (exact) mass is 522 g/mol. The van der Waals surface area contributed by atoms with Gasteiger partial charge in [-0.3, -0.25) is 19.3 Å². The van der Waals surface area contributed by atoms with E-state index >= 15 is 0 Å². The lowest BCUT2D eigenvalue weighted by Gasteiger charge is -2.13. The van der Waals surface area contributed by atoms with Crippen molar-refractivity contribution in [3.63, 3.8) is 0 Å². The molecule has 0 saturated heterocycles. The molecule has 3 N–H and O–H groups in total. The van der Waals surface area contributed by atoms with Crippen molar-refractivity contribution in [3.05, 3.63) is 59.3 Å². The van der Waals surface area contributed by atoms with Gasteiger partial charge in [0.25, 0.3) is 5.91 Å². The van der Waals surface area contributed by atoms with Crippen molar-refractivity contribution < 1.29 is 22.7 Å². The lowest BCUT2D eigenvalue weighted by molar-refractivity contribution is 0.0962. The molecule has 0 fully saturated rings. The Balaban J connectivity index is 1.52. The maximum atomic E-state index is 12.2. The number of hydrogen-bond acceptors (Lipinski definition) is 10. The summed E-state index contributed by atoms with van der Waals surface area (Å²) in [5, 5.41) is 6.38. The van der Waals surface area contributed by atoms with Crippen molar-refractivity contribution >= 4 is 50.7 Å². The zero-order valence-corrected chi connectivity index (χ0v) is 20.7. The molecule has 0 spiro atoms. The van der Waals surface area contributed by atoms with Gasteiger partial charge in [-0.05, 0) is 18.2 Å².